The lowest BCUT2D eigenvalue weighted by Crippen LogP contribution is -2.27. The van der Waals surface area contributed by atoms with Crippen LogP contribution in [0.1, 0.15) is 24.0 Å². The molecule has 3 N–H and O–H groups in total. The highest BCUT2D eigenvalue weighted by Gasteiger charge is 2.44. The summed E-state index contributed by atoms with van der Waals surface area (Å²) < 4.78 is 0. The number of aromatic nitrogens is 2. The predicted octanol–water partition coefficient (Wildman–Crippen LogP) is 1.96. The highest BCUT2D eigenvalue weighted by atomic mass is 16.1. The molecule has 24 heavy (non-hydrogen) atoms. The zero-order valence-corrected chi connectivity index (χ0v) is 13.7. The summed E-state index contributed by atoms with van der Waals surface area (Å²) in [6.07, 6.45) is 8.51. The van der Waals surface area contributed by atoms with Crippen molar-refractivity contribution in [1.29, 1.82) is 5.41 Å². The standard InChI is InChI=1S/C18H21N5O/c1-12-8-21-17-14(12)6-13(9-22-17)15(19)7-16-18(2-4-20-16)3-5-23(10-18)11-24/h6-9,11,19-20H,2-5,10H2,1H3,(H,21,22)/b16-7-,19-15?. The first-order valence-corrected chi connectivity index (χ1v) is 8.29. The molecule has 2 saturated heterocycles. The molecule has 2 aliphatic rings. The van der Waals surface area contributed by atoms with Crippen LogP contribution in [0.3, 0.4) is 0 Å². The Kier molecular flexibility index (Phi) is 3.40. The molecule has 0 aromatic carbocycles. The van der Waals surface area contributed by atoms with Crippen molar-refractivity contribution in [2.75, 3.05) is 19.6 Å². The van der Waals surface area contributed by atoms with E-state index < -0.39 is 0 Å². The van der Waals surface area contributed by atoms with E-state index in [1.807, 2.05) is 30.2 Å². The summed E-state index contributed by atoms with van der Waals surface area (Å²) in [6.45, 7) is 4.48. The Morgan fingerprint density at radius 2 is 2.33 bits per heavy atom. The third kappa shape index (κ3) is 2.29. The summed E-state index contributed by atoms with van der Waals surface area (Å²) in [6, 6.07) is 2.02. The van der Waals surface area contributed by atoms with Gasteiger partial charge in [0.1, 0.15) is 5.65 Å². The number of amides is 1. The number of carbonyl (C=O) groups is 1. The topological polar surface area (TPSA) is 84.9 Å². The zero-order chi connectivity index (χ0) is 16.7. The normalized spacial score (nSPS) is 24.9. The van der Waals surface area contributed by atoms with Gasteiger partial charge < -0.3 is 20.6 Å². The van der Waals surface area contributed by atoms with Gasteiger partial charge in [-0.2, -0.15) is 0 Å². The Bertz CT molecular complexity index is 852. The van der Waals surface area contributed by atoms with Crippen molar-refractivity contribution < 1.29 is 4.79 Å². The van der Waals surface area contributed by atoms with Crippen LogP contribution in [0.5, 0.6) is 0 Å². The molecule has 4 rings (SSSR count). The number of fused-ring (bicyclic) bond motifs is 1. The molecule has 0 radical (unpaired) electrons. The van der Waals surface area contributed by atoms with E-state index in [1.165, 1.54) is 0 Å². The first-order valence-electron chi connectivity index (χ1n) is 8.29. The first-order chi connectivity index (χ1) is 11.6. The van der Waals surface area contributed by atoms with Crippen molar-refractivity contribution in [3.8, 4) is 0 Å². The average Bonchev–Trinajstić information content (AvgIpc) is 3.29. The Hall–Kier alpha value is -2.63. The smallest absolute Gasteiger partial charge is 0.209 e. The molecule has 4 heterocycles. The Labute approximate surface area is 140 Å². The van der Waals surface area contributed by atoms with E-state index >= 15 is 0 Å². The maximum absolute atomic E-state index is 11.1. The molecule has 6 nitrogen and oxygen atoms in total. The second-order valence-corrected chi connectivity index (χ2v) is 6.85. The second kappa shape index (κ2) is 5.47. The third-order valence-corrected chi connectivity index (χ3v) is 5.36. The van der Waals surface area contributed by atoms with Crippen LogP contribution in [0.25, 0.3) is 11.0 Å². The molecule has 2 aromatic rings. The summed E-state index contributed by atoms with van der Waals surface area (Å²) in [5.74, 6) is 0. The molecule has 1 unspecified atom stereocenters. The fourth-order valence-electron chi connectivity index (χ4n) is 3.89. The summed E-state index contributed by atoms with van der Waals surface area (Å²) in [4.78, 5) is 20.4. The maximum atomic E-state index is 11.1. The summed E-state index contributed by atoms with van der Waals surface area (Å²) >= 11 is 0. The number of aryl methyl sites for hydroxylation is 1. The van der Waals surface area contributed by atoms with Crippen LogP contribution in [-0.4, -0.2) is 46.6 Å². The summed E-state index contributed by atoms with van der Waals surface area (Å²) in [5.41, 5.74) is 4.33. The van der Waals surface area contributed by atoms with Crippen LogP contribution in [0.2, 0.25) is 0 Å². The van der Waals surface area contributed by atoms with Gasteiger partial charge in [-0.05, 0) is 37.5 Å². The molecule has 1 atom stereocenters. The number of nitrogens with one attached hydrogen (secondary N) is 3. The number of pyridine rings is 1. The minimum Gasteiger partial charge on any atom is -0.388 e. The highest BCUT2D eigenvalue weighted by molar-refractivity contribution is 6.08. The number of hydrogen-bond acceptors (Lipinski definition) is 4. The van der Waals surface area contributed by atoms with Gasteiger partial charge in [0.05, 0.1) is 5.71 Å². The molecule has 0 saturated carbocycles. The fourth-order valence-corrected chi connectivity index (χ4v) is 3.89. The molecule has 2 aliphatic heterocycles. The lowest BCUT2D eigenvalue weighted by Gasteiger charge is -2.24. The van der Waals surface area contributed by atoms with Gasteiger partial charge in [0.15, 0.2) is 0 Å². The number of nitrogens with zero attached hydrogens (tertiary/aromatic N) is 2. The van der Waals surface area contributed by atoms with E-state index in [9.17, 15) is 4.79 Å². The number of H-pyrrole nitrogens is 1. The lowest BCUT2D eigenvalue weighted by atomic mass is 9.82. The number of hydrogen-bond donors (Lipinski definition) is 3. The molecule has 6 heteroatoms. The molecule has 0 bridgehead atoms. The molecule has 124 valence electrons. The van der Waals surface area contributed by atoms with Crippen molar-refractivity contribution in [3.63, 3.8) is 0 Å². The molecule has 0 aliphatic carbocycles. The number of rotatable bonds is 3. The Balaban J connectivity index is 1.65. The zero-order valence-electron chi connectivity index (χ0n) is 13.7. The van der Waals surface area contributed by atoms with Crippen molar-refractivity contribution in [3.05, 3.63) is 41.4 Å². The van der Waals surface area contributed by atoms with Gasteiger partial charge in [-0.15, -0.1) is 0 Å². The van der Waals surface area contributed by atoms with E-state index in [4.69, 9.17) is 5.41 Å². The molecule has 2 fully saturated rings. The van der Waals surface area contributed by atoms with E-state index in [0.717, 1.165) is 66.7 Å². The van der Waals surface area contributed by atoms with Crippen molar-refractivity contribution in [2.24, 2.45) is 5.41 Å². The molecular formula is C18H21N5O. The van der Waals surface area contributed by atoms with Crippen LogP contribution in [0.15, 0.2) is 30.2 Å². The number of likely N-dealkylation sites (tertiary alicyclic amines) is 1. The van der Waals surface area contributed by atoms with Crippen LogP contribution in [0.4, 0.5) is 0 Å². The van der Waals surface area contributed by atoms with Gasteiger partial charge in [-0.1, -0.05) is 0 Å². The van der Waals surface area contributed by atoms with Gasteiger partial charge >= 0.3 is 0 Å². The van der Waals surface area contributed by atoms with Crippen LogP contribution >= 0.6 is 0 Å². The van der Waals surface area contributed by atoms with Crippen LogP contribution in [0, 0.1) is 17.7 Å². The summed E-state index contributed by atoms with van der Waals surface area (Å²) in [5, 5.41) is 13.0. The minimum atomic E-state index is -0.00522. The maximum Gasteiger partial charge on any atom is 0.209 e. The number of allylic oxidation sites excluding steroid dienone is 1. The second-order valence-electron chi connectivity index (χ2n) is 6.85. The Morgan fingerprint density at radius 1 is 1.46 bits per heavy atom. The fraction of sp³-hybridized carbons (Fsp3) is 0.389. The van der Waals surface area contributed by atoms with Crippen LogP contribution < -0.4 is 5.32 Å². The first kappa shape index (κ1) is 14.9. The number of aromatic amines is 1. The van der Waals surface area contributed by atoms with Gasteiger partial charge in [0.25, 0.3) is 0 Å². The van der Waals surface area contributed by atoms with Crippen molar-refractivity contribution in [1.82, 2.24) is 20.2 Å². The Morgan fingerprint density at radius 3 is 3.12 bits per heavy atom. The monoisotopic (exact) mass is 323 g/mol. The number of carbonyl (C=O) groups excluding carboxylic acids is 1. The van der Waals surface area contributed by atoms with E-state index in [2.05, 4.69) is 15.3 Å². The average molecular weight is 323 g/mol. The van der Waals surface area contributed by atoms with Gasteiger partial charge in [0, 0.05) is 54.1 Å². The van der Waals surface area contributed by atoms with Gasteiger partial charge in [-0.25, -0.2) is 4.98 Å². The van der Waals surface area contributed by atoms with E-state index in [1.54, 1.807) is 6.20 Å². The third-order valence-electron chi connectivity index (χ3n) is 5.36. The van der Waals surface area contributed by atoms with Gasteiger partial charge in [-0.3, -0.25) is 4.79 Å². The van der Waals surface area contributed by atoms with Crippen molar-refractivity contribution >= 4 is 23.2 Å². The lowest BCUT2D eigenvalue weighted by molar-refractivity contribution is -0.117. The molecule has 1 amide bonds. The molecule has 1 spiro atoms. The van der Waals surface area contributed by atoms with Crippen molar-refractivity contribution in [2.45, 2.75) is 19.8 Å². The highest BCUT2D eigenvalue weighted by Crippen LogP contribution is 2.42. The largest absolute Gasteiger partial charge is 0.388 e. The predicted molar refractivity (Wildman–Crippen MR) is 93.0 cm³/mol. The van der Waals surface area contributed by atoms with E-state index in [-0.39, 0.29) is 5.41 Å². The summed E-state index contributed by atoms with van der Waals surface area (Å²) in [7, 11) is 0. The quantitative estimate of drug-likeness (QED) is 0.596. The van der Waals surface area contributed by atoms with Gasteiger partial charge in [0.2, 0.25) is 6.41 Å². The SMILES string of the molecule is Cc1c[nH]c2ncc(C(=N)/C=C3\NCCC34CCN(C=O)C4)cc12. The molecular weight excluding hydrogens is 302 g/mol. The van der Waals surface area contributed by atoms with E-state index in [0.29, 0.717) is 5.71 Å². The minimum absolute atomic E-state index is 0.00522. The molecule has 2 aromatic heterocycles. The van der Waals surface area contributed by atoms with Crippen LogP contribution in [-0.2, 0) is 4.79 Å².